The number of nitrogens with zero attached hydrogens (tertiary/aromatic N) is 2. The van der Waals surface area contributed by atoms with Crippen molar-refractivity contribution in [3.8, 4) is 5.75 Å². The summed E-state index contributed by atoms with van der Waals surface area (Å²) in [7, 11) is 0. The summed E-state index contributed by atoms with van der Waals surface area (Å²) in [5.41, 5.74) is 5.83. The fourth-order valence-corrected chi connectivity index (χ4v) is 4.01. The molecule has 0 saturated heterocycles. The summed E-state index contributed by atoms with van der Waals surface area (Å²) in [6.07, 6.45) is 9.39. The van der Waals surface area contributed by atoms with E-state index in [-0.39, 0.29) is 6.61 Å². The Bertz CT molecular complexity index is 1080. The number of carboxylic acids is 1. The van der Waals surface area contributed by atoms with Crippen LogP contribution >= 0.6 is 0 Å². The molecular formula is C27H28N2O4. The Hall–Kier alpha value is -3.64. The molecule has 0 unspecified atom stereocenters. The standard InChI is InChI=1S/C27H28N2O4/c30-27(31)20-32-26-10-4-7-23-18-21(11-12-25(23)26)6-5-17-29(24-8-2-1-3-9-24)33-19-22-13-15-28-16-14-22/h1-4,6-10,13-16H,5,11-12,17-20H2,(H,30,31). The van der Waals surface area contributed by atoms with E-state index in [4.69, 9.17) is 14.7 Å². The molecule has 1 N–H and O–H groups in total. The summed E-state index contributed by atoms with van der Waals surface area (Å²) < 4.78 is 5.48. The zero-order chi connectivity index (χ0) is 22.9. The predicted molar refractivity (Wildman–Crippen MR) is 127 cm³/mol. The van der Waals surface area contributed by atoms with Gasteiger partial charge >= 0.3 is 5.97 Å². The average Bonchev–Trinajstić information content (AvgIpc) is 2.85. The smallest absolute Gasteiger partial charge is 0.341 e. The Labute approximate surface area is 194 Å². The summed E-state index contributed by atoms with van der Waals surface area (Å²) in [6, 6.07) is 19.9. The fraction of sp³-hybridized carbons (Fsp3) is 0.259. The number of hydroxylamine groups is 1. The number of hydrogen-bond donors (Lipinski definition) is 1. The number of rotatable bonds is 10. The molecule has 0 atom stereocenters. The highest BCUT2D eigenvalue weighted by atomic mass is 16.7. The second kappa shape index (κ2) is 11.3. The van der Waals surface area contributed by atoms with Gasteiger partial charge in [0.25, 0.3) is 0 Å². The van der Waals surface area contributed by atoms with Crippen LogP contribution in [0.1, 0.15) is 29.5 Å². The third kappa shape index (κ3) is 6.43. The first kappa shape index (κ1) is 22.6. The van der Waals surface area contributed by atoms with Crippen molar-refractivity contribution >= 4 is 11.7 Å². The van der Waals surface area contributed by atoms with Gasteiger partial charge in [-0.2, -0.15) is 0 Å². The number of aliphatic carboxylic acids is 1. The molecule has 1 aliphatic carbocycles. The number of para-hydroxylation sites is 1. The van der Waals surface area contributed by atoms with E-state index >= 15 is 0 Å². The maximum absolute atomic E-state index is 10.8. The van der Waals surface area contributed by atoms with Gasteiger partial charge in [-0.3, -0.25) is 14.9 Å². The molecule has 3 aromatic rings. The third-order valence-electron chi connectivity index (χ3n) is 5.64. The van der Waals surface area contributed by atoms with Crippen LogP contribution in [0.25, 0.3) is 0 Å². The van der Waals surface area contributed by atoms with E-state index in [0.29, 0.717) is 12.4 Å². The van der Waals surface area contributed by atoms with Crippen LogP contribution in [-0.2, 0) is 29.1 Å². The van der Waals surface area contributed by atoms with E-state index in [0.717, 1.165) is 49.0 Å². The Morgan fingerprint density at radius 2 is 1.85 bits per heavy atom. The minimum Gasteiger partial charge on any atom is -0.482 e. The van der Waals surface area contributed by atoms with Crippen LogP contribution < -0.4 is 9.80 Å². The van der Waals surface area contributed by atoms with Gasteiger partial charge in [0.2, 0.25) is 0 Å². The van der Waals surface area contributed by atoms with Crippen LogP contribution in [0.15, 0.2) is 84.7 Å². The topological polar surface area (TPSA) is 71.9 Å². The number of benzene rings is 2. The Morgan fingerprint density at radius 1 is 1.03 bits per heavy atom. The lowest BCUT2D eigenvalue weighted by molar-refractivity contribution is -0.139. The second-order valence-electron chi connectivity index (χ2n) is 7.97. The first-order valence-corrected chi connectivity index (χ1v) is 11.2. The van der Waals surface area contributed by atoms with Crippen molar-refractivity contribution in [1.29, 1.82) is 0 Å². The van der Waals surface area contributed by atoms with Crippen LogP contribution in [0.4, 0.5) is 5.69 Å². The van der Waals surface area contributed by atoms with Crippen molar-refractivity contribution in [3.05, 3.63) is 101 Å². The van der Waals surface area contributed by atoms with Crippen molar-refractivity contribution in [2.75, 3.05) is 18.2 Å². The zero-order valence-corrected chi connectivity index (χ0v) is 18.5. The van der Waals surface area contributed by atoms with Crippen LogP contribution in [0, 0.1) is 0 Å². The number of fused-ring (bicyclic) bond motifs is 1. The minimum absolute atomic E-state index is 0.312. The monoisotopic (exact) mass is 444 g/mol. The number of ether oxygens (including phenoxy) is 1. The lowest BCUT2D eigenvalue weighted by Gasteiger charge is -2.24. The summed E-state index contributed by atoms with van der Waals surface area (Å²) in [4.78, 5) is 21.0. The van der Waals surface area contributed by atoms with Crippen LogP contribution in [0.5, 0.6) is 5.75 Å². The van der Waals surface area contributed by atoms with Crippen molar-refractivity contribution < 1.29 is 19.5 Å². The summed E-state index contributed by atoms with van der Waals surface area (Å²) in [5, 5.41) is 10.8. The maximum atomic E-state index is 10.8. The molecule has 0 fully saturated rings. The molecule has 33 heavy (non-hydrogen) atoms. The fourth-order valence-electron chi connectivity index (χ4n) is 4.01. The van der Waals surface area contributed by atoms with Gasteiger partial charge in [-0.05, 0) is 72.7 Å². The predicted octanol–water partition coefficient (Wildman–Crippen LogP) is 4.99. The molecule has 2 aromatic carbocycles. The van der Waals surface area contributed by atoms with Crippen molar-refractivity contribution in [1.82, 2.24) is 4.98 Å². The molecule has 1 aromatic heterocycles. The Morgan fingerprint density at radius 3 is 2.64 bits per heavy atom. The molecule has 4 rings (SSSR count). The second-order valence-corrected chi connectivity index (χ2v) is 7.97. The van der Waals surface area contributed by atoms with Gasteiger partial charge in [-0.25, -0.2) is 4.79 Å². The highest BCUT2D eigenvalue weighted by Crippen LogP contribution is 2.32. The van der Waals surface area contributed by atoms with E-state index in [1.165, 1.54) is 11.1 Å². The largest absolute Gasteiger partial charge is 0.482 e. The molecule has 0 amide bonds. The molecule has 1 aliphatic rings. The number of allylic oxidation sites excluding steroid dienone is 1. The highest BCUT2D eigenvalue weighted by molar-refractivity contribution is 5.68. The average molecular weight is 445 g/mol. The summed E-state index contributed by atoms with van der Waals surface area (Å²) >= 11 is 0. The number of anilines is 1. The van der Waals surface area contributed by atoms with E-state index in [9.17, 15) is 4.79 Å². The van der Waals surface area contributed by atoms with E-state index in [1.54, 1.807) is 12.4 Å². The van der Waals surface area contributed by atoms with E-state index in [2.05, 4.69) is 29.3 Å². The third-order valence-corrected chi connectivity index (χ3v) is 5.64. The Balaban J connectivity index is 1.38. The number of pyridine rings is 1. The number of aromatic nitrogens is 1. The number of hydrogen-bond acceptors (Lipinski definition) is 5. The first-order chi connectivity index (χ1) is 16.2. The highest BCUT2D eigenvalue weighted by Gasteiger charge is 2.17. The molecular weight excluding hydrogens is 416 g/mol. The number of carbonyl (C=O) groups is 1. The van der Waals surface area contributed by atoms with Crippen molar-refractivity contribution in [2.24, 2.45) is 0 Å². The summed E-state index contributed by atoms with van der Waals surface area (Å²) in [6.45, 7) is 0.918. The van der Waals surface area contributed by atoms with Gasteiger partial charge in [0.05, 0.1) is 5.69 Å². The van der Waals surface area contributed by atoms with Crippen molar-refractivity contribution in [3.63, 3.8) is 0 Å². The van der Waals surface area contributed by atoms with Crippen LogP contribution in [0.2, 0.25) is 0 Å². The lowest BCUT2D eigenvalue weighted by Crippen LogP contribution is -2.24. The first-order valence-electron chi connectivity index (χ1n) is 11.2. The van der Waals surface area contributed by atoms with Gasteiger partial charge in [0.15, 0.2) is 6.61 Å². The SMILES string of the molecule is O=C(O)COc1cccc2c1CCC(=CCCN(OCc1ccncc1)c1ccccc1)C2. The van der Waals surface area contributed by atoms with Gasteiger partial charge in [0.1, 0.15) is 12.4 Å². The number of carboxylic acid groups (broad SMARTS) is 1. The zero-order valence-electron chi connectivity index (χ0n) is 18.5. The van der Waals surface area contributed by atoms with E-state index in [1.807, 2.05) is 47.5 Å². The molecule has 0 radical (unpaired) electrons. The van der Waals surface area contributed by atoms with Gasteiger partial charge in [0, 0.05) is 18.9 Å². The van der Waals surface area contributed by atoms with Gasteiger partial charge < -0.3 is 9.84 Å². The van der Waals surface area contributed by atoms with E-state index < -0.39 is 5.97 Å². The van der Waals surface area contributed by atoms with Gasteiger partial charge in [-0.1, -0.05) is 42.0 Å². The molecule has 0 spiro atoms. The quantitative estimate of drug-likeness (QED) is 0.351. The molecule has 1 heterocycles. The maximum Gasteiger partial charge on any atom is 0.341 e. The molecule has 170 valence electrons. The van der Waals surface area contributed by atoms with Crippen LogP contribution in [0.3, 0.4) is 0 Å². The lowest BCUT2D eigenvalue weighted by atomic mass is 9.87. The minimum atomic E-state index is -0.960. The molecule has 0 aliphatic heterocycles. The molecule has 6 nitrogen and oxygen atoms in total. The normalized spacial score (nSPS) is 14.0. The molecule has 0 saturated carbocycles. The Kier molecular flexibility index (Phi) is 7.72. The molecule has 6 heteroatoms. The van der Waals surface area contributed by atoms with Crippen LogP contribution in [-0.4, -0.2) is 29.2 Å². The van der Waals surface area contributed by atoms with Crippen molar-refractivity contribution in [2.45, 2.75) is 32.3 Å². The van der Waals surface area contributed by atoms with Gasteiger partial charge in [-0.15, -0.1) is 0 Å². The molecule has 0 bridgehead atoms. The summed E-state index contributed by atoms with van der Waals surface area (Å²) in [5.74, 6) is -0.271.